The lowest BCUT2D eigenvalue weighted by atomic mass is 9.89. The zero-order chi connectivity index (χ0) is 56.5. The number of imide groups is 1. The molecule has 414 valence electrons. The highest BCUT2D eigenvalue weighted by Crippen LogP contribution is 2.31. The van der Waals surface area contributed by atoms with Gasteiger partial charge in [-0.3, -0.25) is 43.7 Å². The normalized spacial score (nSPS) is 12.8. The molecule has 0 aliphatic carbocycles. The minimum atomic E-state index is -0.867. The van der Waals surface area contributed by atoms with E-state index in [1.165, 1.54) is 23.4 Å². The van der Waals surface area contributed by atoms with Crippen LogP contribution in [0, 0.1) is 18.8 Å². The number of fused-ring (bicyclic) bond motifs is 1. The Balaban J connectivity index is 0.932. The van der Waals surface area contributed by atoms with Crippen LogP contribution in [-0.4, -0.2) is 105 Å². The van der Waals surface area contributed by atoms with Crippen LogP contribution in [-0.2, 0) is 48.4 Å². The third-order valence-electron chi connectivity index (χ3n) is 13.1. The summed E-state index contributed by atoms with van der Waals surface area (Å²) >= 11 is 0. The van der Waals surface area contributed by atoms with Gasteiger partial charge in [-0.25, -0.2) is 24.1 Å². The summed E-state index contributed by atoms with van der Waals surface area (Å²) in [4.78, 5) is 115. The van der Waals surface area contributed by atoms with Gasteiger partial charge in [0.2, 0.25) is 11.8 Å². The summed E-state index contributed by atoms with van der Waals surface area (Å²) in [5.41, 5.74) is 11.2. The van der Waals surface area contributed by atoms with Crippen molar-refractivity contribution in [1.29, 1.82) is 0 Å². The number of carbonyl (C=O) groups excluding carboxylic acids is 7. The fourth-order valence-electron chi connectivity index (χ4n) is 9.04. The molecule has 1 aliphatic heterocycles. The molecule has 0 saturated heterocycles. The number of benzene rings is 2. The van der Waals surface area contributed by atoms with E-state index in [1.807, 2.05) is 67.7 Å². The number of unbranched alkanes of at least 4 members (excludes halogenated alkanes) is 2. The van der Waals surface area contributed by atoms with Crippen molar-refractivity contribution in [3.05, 3.63) is 151 Å². The van der Waals surface area contributed by atoms with Gasteiger partial charge in [0.1, 0.15) is 30.3 Å². The van der Waals surface area contributed by atoms with Crippen molar-refractivity contribution >= 4 is 52.9 Å². The highest BCUT2D eigenvalue weighted by atomic mass is 16.6. The van der Waals surface area contributed by atoms with E-state index in [0.29, 0.717) is 77.0 Å². The topological polar surface area (TPSA) is 291 Å². The number of ketones is 1. The van der Waals surface area contributed by atoms with Crippen LogP contribution in [0.3, 0.4) is 0 Å². The second-order valence-corrected chi connectivity index (χ2v) is 19.6. The fraction of sp³-hybridized carbons (Fsp3) is 0.310. The molecule has 0 bridgehead atoms. The number of anilines is 1. The minimum Gasteiger partial charge on any atom is -0.456 e. The van der Waals surface area contributed by atoms with Crippen LogP contribution in [0.5, 0.6) is 11.5 Å². The number of aromatic amines is 1. The van der Waals surface area contributed by atoms with Crippen LogP contribution >= 0.6 is 0 Å². The summed E-state index contributed by atoms with van der Waals surface area (Å²) < 4.78 is 13.7. The van der Waals surface area contributed by atoms with E-state index in [0.717, 1.165) is 21.7 Å². The third kappa shape index (κ3) is 15.8. The Bertz CT molecular complexity index is 3340. The Labute approximate surface area is 461 Å². The second kappa shape index (κ2) is 27.1. The molecular formula is C58H63N13O9. The summed E-state index contributed by atoms with van der Waals surface area (Å²) in [6.07, 6.45) is 10.5. The van der Waals surface area contributed by atoms with Crippen molar-refractivity contribution in [2.45, 2.75) is 91.5 Å². The number of ether oxygens (including phenoxy) is 2. The summed E-state index contributed by atoms with van der Waals surface area (Å²) in [5, 5.41) is 12.6. The molecule has 0 saturated carbocycles. The largest absolute Gasteiger partial charge is 0.456 e. The molecule has 2 aromatic carbocycles. The fourth-order valence-corrected chi connectivity index (χ4v) is 9.04. The summed E-state index contributed by atoms with van der Waals surface area (Å²) in [6, 6.07) is 25.5. The predicted octanol–water partition coefficient (Wildman–Crippen LogP) is 7.60. The number of nitrogens with zero attached hydrogens (tertiary/aromatic N) is 8. The standard InChI is InChI=1S/C58H63N13O9/c1-37(2)53(68-50(73)17-5-4-6-28-70-51(74)24-25-52(70)75)47(72)30-41(13-9-27-61-57(59)77)56(76)65-43-21-18-39(19-22-43)35-79-58(78)69(32-40-12-8-14-44(29-40)80-45-15-10-26-60-31-45)34-48-66-54(42-20-23-49-62-36-63-71(49)33-42)55(67-48)46-16-7-11-38(3)64-46/h7-8,10-12,14-16,18-26,29,31,33,36-37,41,53H,4-6,9,13,17,27-28,30,32,34-35H2,1-3H3,(H,65,76)(H,66,67)(H,68,73)(H3,59,61,77)/t41-,53+/m1/s1. The van der Waals surface area contributed by atoms with Gasteiger partial charge in [0.05, 0.1) is 35.9 Å². The number of primary amides is 1. The number of carbonyl (C=O) groups is 7. The minimum absolute atomic E-state index is 0.00152. The van der Waals surface area contributed by atoms with E-state index in [-0.39, 0.29) is 81.5 Å². The smallest absolute Gasteiger partial charge is 0.410 e. The Morgan fingerprint density at radius 1 is 0.838 bits per heavy atom. The number of hydrogen-bond donors (Lipinski definition) is 5. The van der Waals surface area contributed by atoms with Crippen molar-refractivity contribution in [3.63, 3.8) is 0 Å². The van der Waals surface area contributed by atoms with Gasteiger partial charge < -0.3 is 36.1 Å². The monoisotopic (exact) mass is 1090 g/mol. The van der Waals surface area contributed by atoms with E-state index >= 15 is 0 Å². The second-order valence-electron chi connectivity index (χ2n) is 19.6. The molecule has 5 aromatic heterocycles. The molecule has 22 heteroatoms. The lowest BCUT2D eigenvalue weighted by Crippen LogP contribution is -2.45. The first-order chi connectivity index (χ1) is 38.6. The van der Waals surface area contributed by atoms with Gasteiger partial charge in [0, 0.05) is 79.9 Å². The Morgan fingerprint density at radius 3 is 2.38 bits per heavy atom. The SMILES string of the molecule is Cc1cccc(-c2[nH]c(CN(Cc3cccc(Oc4cccnc4)c3)C(=O)OCc3ccc(NC(=O)[C@H](CCCNC(N)=O)CC(=O)[C@@H](NC(=O)CCCCCN4C(=O)C=CC4=O)C(C)C)cc3)nc2-c2ccc3ncnn3c2)n1. The van der Waals surface area contributed by atoms with Gasteiger partial charge in [-0.1, -0.05) is 50.6 Å². The van der Waals surface area contributed by atoms with Gasteiger partial charge in [-0.05, 0) is 110 Å². The molecular weight excluding hydrogens is 1020 g/mol. The lowest BCUT2D eigenvalue weighted by molar-refractivity contribution is -0.137. The molecule has 22 nitrogen and oxygen atoms in total. The van der Waals surface area contributed by atoms with E-state index in [2.05, 4.69) is 36.0 Å². The van der Waals surface area contributed by atoms with Gasteiger partial charge in [0.25, 0.3) is 11.8 Å². The zero-order valence-corrected chi connectivity index (χ0v) is 44.7. The predicted molar refractivity (Wildman–Crippen MR) is 295 cm³/mol. The van der Waals surface area contributed by atoms with Crippen LogP contribution < -0.4 is 26.4 Å². The number of hydrogen-bond acceptors (Lipinski definition) is 14. The maximum absolute atomic E-state index is 14.3. The first kappa shape index (κ1) is 56.6. The average Bonchev–Trinajstić information content (AvgIpc) is 4.20. The number of aromatic nitrogens is 7. The van der Waals surface area contributed by atoms with Crippen LogP contribution in [0.1, 0.15) is 81.4 Å². The lowest BCUT2D eigenvalue weighted by Gasteiger charge is -2.24. The average molecular weight is 1090 g/mol. The summed E-state index contributed by atoms with van der Waals surface area (Å²) in [6.45, 7) is 5.94. The number of aryl methyl sites for hydroxylation is 1. The van der Waals surface area contributed by atoms with E-state index < -0.39 is 30.0 Å². The van der Waals surface area contributed by atoms with Gasteiger partial charge in [0.15, 0.2) is 11.4 Å². The molecule has 7 aromatic rings. The van der Waals surface area contributed by atoms with Gasteiger partial charge in [-0.15, -0.1) is 0 Å². The number of H-pyrrole nitrogens is 1. The van der Waals surface area contributed by atoms with Gasteiger partial charge >= 0.3 is 12.1 Å². The number of amides is 7. The van der Waals surface area contributed by atoms with Crippen molar-refractivity contribution < 1.29 is 43.0 Å². The molecule has 0 unspecified atom stereocenters. The summed E-state index contributed by atoms with van der Waals surface area (Å²) in [5.74, 6) is -1.37. The van der Waals surface area contributed by atoms with Gasteiger partial charge in [-0.2, -0.15) is 5.10 Å². The summed E-state index contributed by atoms with van der Waals surface area (Å²) in [7, 11) is 0. The van der Waals surface area contributed by atoms with Crippen molar-refractivity contribution in [2.75, 3.05) is 18.4 Å². The quantitative estimate of drug-likeness (QED) is 0.0245. The molecule has 2 atom stereocenters. The van der Waals surface area contributed by atoms with E-state index in [9.17, 15) is 33.6 Å². The molecule has 7 amide bonds. The van der Waals surface area contributed by atoms with E-state index in [1.54, 1.807) is 67.2 Å². The highest BCUT2D eigenvalue weighted by Gasteiger charge is 2.30. The molecule has 6 heterocycles. The number of pyridine rings is 3. The molecule has 6 N–H and O–H groups in total. The maximum Gasteiger partial charge on any atom is 0.410 e. The Hall–Kier alpha value is -9.60. The molecule has 1 aliphatic rings. The molecule has 0 spiro atoms. The Morgan fingerprint density at radius 2 is 1.62 bits per heavy atom. The molecule has 0 fully saturated rings. The first-order valence-corrected chi connectivity index (χ1v) is 26.4. The van der Waals surface area contributed by atoms with Crippen LogP contribution in [0.15, 0.2) is 128 Å². The third-order valence-corrected chi connectivity index (χ3v) is 13.1. The highest BCUT2D eigenvalue weighted by molar-refractivity contribution is 6.12. The van der Waals surface area contributed by atoms with Crippen molar-refractivity contribution in [2.24, 2.45) is 17.6 Å². The van der Waals surface area contributed by atoms with Crippen LogP contribution in [0.2, 0.25) is 0 Å². The van der Waals surface area contributed by atoms with Crippen LogP contribution in [0.4, 0.5) is 15.3 Å². The maximum atomic E-state index is 14.3. The van der Waals surface area contributed by atoms with E-state index in [4.69, 9.17) is 25.2 Å². The van der Waals surface area contributed by atoms with Crippen LogP contribution in [0.25, 0.3) is 28.3 Å². The number of rotatable bonds is 27. The Kier molecular flexibility index (Phi) is 19.2. The number of urea groups is 1. The number of Topliss-reactive ketones (excluding diaryl/α,β-unsaturated/α-hetero) is 1. The number of imidazole rings is 1. The number of nitrogens with one attached hydrogen (secondary N) is 4. The molecule has 80 heavy (non-hydrogen) atoms. The molecule has 8 rings (SSSR count). The van der Waals surface area contributed by atoms with Crippen molar-refractivity contribution in [3.8, 4) is 34.1 Å². The van der Waals surface area contributed by atoms with Crippen molar-refractivity contribution in [1.82, 2.24) is 55.0 Å². The molecule has 0 radical (unpaired) electrons. The number of nitrogens with two attached hydrogens (primary N) is 1. The first-order valence-electron chi connectivity index (χ1n) is 26.4. The zero-order valence-electron chi connectivity index (χ0n) is 44.7.